The molecule has 0 radical (unpaired) electrons. The van der Waals surface area contributed by atoms with E-state index in [-0.39, 0.29) is 0 Å². The standard InChI is InChI=1S/C6H7N5S2/c7-5-9-6(11-10-5)13-3-4-8-1-2-12-4/h1-2H,3H2,(H3,7,9,10,11). The Labute approximate surface area is 82.8 Å². The summed E-state index contributed by atoms with van der Waals surface area (Å²) in [6.45, 7) is 0. The first-order valence-electron chi connectivity index (χ1n) is 3.53. The number of nitrogens with zero attached hydrogens (tertiary/aromatic N) is 3. The molecular weight excluding hydrogens is 206 g/mol. The summed E-state index contributed by atoms with van der Waals surface area (Å²) in [7, 11) is 0. The van der Waals surface area contributed by atoms with E-state index < -0.39 is 0 Å². The first kappa shape index (κ1) is 8.52. The summed E-state index contributed by atoms with van der Waals surface area (Å²) >= 11 is 3.13. The normalized spacial score (nSPS) is 10.5. The van der Waals surface area contributed by atoms with Gasteiger partial charge in [0.25, 0.3) is 0 Å². The van der Waals surface area contributed by atoms with Crippen molar-refractivity contribution in [2.45, 2.75) is 10.9 Å². The minimum Gasteiger partial charge on any atom is -0.368 e. The number of thiazole rings is 1. The third-order valence-electron chi connectivity index (χ3n) is 1.29. The molecule has 0 atom stereocenters. The molecule has 0 aliphatic rings. The number of anilines is 1. The number of hydrogen-bond acceptors (Lipinski definition) is 6. The number of nitrogens with two attached hydrogens (primary N) is 1. The van der Waals surface area contributed by atoms with E-state index in [1.165, 1.54) is 11.8 Å². The van der Waals surface area contributed by atoms with E-state index in [1.54, 1.807) is 17.5 Å². The highest BCUT2D eigenvalue weighted by molar-refractivity contribution is 7.98. The fourth-order valence-corrected chi connectivity index (χ4v) is 2.22. The first-order chi connectivity index (χ1) is 6.34. The van der Waals surface area contributed by atoms with Gasteiger partial charge in [0.15, 0.2) is 0 Å². The number of rotatable bonds is 3. The van der Waals surface area contributed by atoms with Crippen LogP contribution in [0.4, 0.5) is 5.95 Å². The molecule has 2 rings (SSSR count). The largest absolute Gasteiger partial charge is 0.368 e. The number of nitrogen functional groups attached to an aromatic ring is 1. The molecule has 0 fully saturated rings. The number of aromatic amines is 1. The average molecular weight is 213 g/mol. The van der Waals surface area contributed by atoms with Crippen LogP contribution >= 0.6 is 23.1 Å². The SMILES string of the molecule is Nc1nc(SCc2nccs2)n[nH]1. The molecule has 0 bridgehead atoms. The molecule has 0 saturated carbocycles. The number of hydrogen-bond donors (Lipinski definition) is 2. The summed E-state index contributed by atoms with van der Waals surface area (Å²) < 4.78 is 0. The Hall–Kier alpha value is -1.08. The number of aromatic nitrogens is 4. The van der Waals surface area contributed by atoms with E-state index >= 15 is 0 Å². The van der Waals surface area contributed by atoms with Crippen LogP contribution in [0.15, 0.2) is 16.7 Å². The van der Waals surface area contributed by atoms with Crippen molar-refractivity contribution in [1.82, 2.24) is 20.2 Å². The quantitative estimate of drug-likeness (QED) is 0.747. The molecule has 0 spiro atoms. The lowest BCUT2D eigenvalue weighted by Gasteiger charge is -1.89. The summed E-state index contributed by atoms with van der Waals surface area (Å²) in [6, 6.07) is 0. The third kappa shape index (κ3) is 2.19. The van der Waals surface area contributed by atoms with Gasteiger partial charge < -0.3 is 5.73 Å². The van der Waals surface area contributed by atoms with Gasteiger partial charge in [-0.2, -0.15) is 4.98 Å². The van der Waals surface area contributed by atoms with Crippen molar-refractivity contribution >= 4 is 29.0 Å². The highest BCUT2D eigenvalue weighted by atomic mass is 32.2. The van der Waals surface area contributed by atoms with Crippen LogP contribution in [0.5, 0.6) is 0 Å². The molecule has 68 valence electrons. The van der Waals surface area contributed by atoms with Gasteiger partial charge >= 0.3 is 0 Å². The second-order valence-electron chi connectivity index (χ2n) is 2.22. The maximum Gasteiger partial charge on any atom is 0.216 e. The van der Waals surface area contributed by atoms with Gasteiger partial charge in [-0.05, 0) is 0 Å². The Kier molecular flexibility index (Phi) is 2.46. The number of thioether (sulfide) groups is 1. The van der Waals surface area contributed by atoms with E-state index in [2.05, 4.69) is 20.2 Å². The van der Waals surface area contributed by atoms with Gasteiger partial charge in [0.1, 0.15) is 5.01 Å². The lowest BCUT2D eigenvalue weighted by atomic mass is 10.8. The molecule has 7 heteroatoms. The topological polar surface area (TPSA) is 80.5 Å². The minimum absolute atomic E-state index is 0.349. The lowest BCUT2D eigenvalue weighted by Crippen LogP contribution is -1.85. The maximum atomic E-state index is 5.37. The highest BCUT2D eigenvalue weighted by Gasteiger charge is 2.02. The molecule has 5 nitrogen and oxygen atoms in total. The monoisotopic (exact) mass is 213 g/mol. The summed E-state index contributed by atoms with van der Waals surface area (Å²) in [5.74, 6) is 1.14. The zero-order chi connectivity index (χ0) is 9.10. The number of H-pyrrole nitrogens is 1. The van der Waals surface area contributed by atoms with Gasteiger partial charge in [0, 0.05) is 11.6 Å². The Bertz CT molecular complexity index is 368. The Morgan fingerprint density at radius 2 is 2.54 bits per heavy atom. The minimum atomic E-state index is 0.349. The predicted octanol–water partition coefficient (Wildman–Crippen LogP) is 1.14. The molecule has 0 aliphatic carbocycles. The third-order valence-corrected chi connectivity index (χ3v) is 3.11. The lowest BCUT2D eigenvalue weighted by molar-refractivity contribution is 0.973. The molecule has 0 unspecified atom stereocenters. The Morgan fingerprint density at radius 1 is 1.62 bits per heavy atom. The van der Waals surface area contributed by atoms with Crippen molar-refractivity contribution in [3.8, 4) is 0 Å². The molecule has 0 amide bonds. The zero-order valence-electron chi connectivity index (χ0n) is 6.60. The maximum absolute atomic E-state index is 5.37. The van der Waals surface area contributed by atoms with Gasteiger partial charge in [-0.25, -0.2) is 10.1 Å². The Balaban J connectivity index is 1.93. The van der Waals surface area contributed by atoms with Crippen LogP contribution in [0.1, 0.15) is 5.01 Å². The molecule has 0 aliphatic heterocycles. The predicted molar refractivity (Wildman–Crippen MR) is 52.5 cm³/mol. The van der Waals surface area contributed by atoms with Crippen molar-refractivity contribution in [3.05, 3.63) is 16.6 Å². The second-order valence-corrected chi connectivity index (χ2v) is 4.14. The molecule has 2 aromatic heterocycles. The second kappa shape index (κ2) is 3.75. The highest BCUT2D eigenvalue weighted by Crippen LogP contribution is 2.20. The fraction of sp³-hybridized carbons (Fsp3) is 0.167. The molecule has 0 saturated heterocycles. The molecule has 2 aromatic rings. The van der Waals surface area contributed by atoms with E-state index in [4.69, 9.17) is 5.73 Å². The molecular formula is C6H7N5S2. The van der Waals surface area contributed by atoms with Crippen LogP contribution in [-0.4, -0.2) is 20.2 Å². The van der Waals surface area contributed by atoms with Gasteiger partial charge in [-0.1, -0.05) is 11.8 Å². The van der Waals surface area contributed by atoms with Crippen LogP contribution in [0.3, 0.4) is 0 Å². The summed E-state index contributed by atoms with van der Waals surface area (Å²) in [5, 5.41) is 10.1. The zero-order valence-corrected chi connectivity index (χ0v) is 8.23. The summed E-state index contributed by atoms with van der Waals surface area (Å²) in [4.78, 5) is 8.10. The Morgan fingerprint density at radius 3 is 3.15 bits per heavy atom. The van der Waals surface area contributed by atoms with E-state index in [1.807, 2.05) is 5.38 Å². The van der Waals surface area contributed by atoms with Crippen molar-refractivity contribution in [2.75, 3.05) is 5.73 Å². The van der Waals surface area contributed by atoms with E-state index in [0.29, 0.717) is 11.1 Å². The van der Waals surface area contributed by atoms with Gasteiger partial charge in [-0.15, -0.1) is 16.4 Å². The van der Waals surface area contributed by atoms with E-state index in [9.17, 15) is 0 Å². The van der Waals surface area contributed by atoms with Gasteiger partial charge in [0.05, 0.1) is 5.75 Å². The average Bonchev–Trinajstić information content (AvgIpc) is 2.71. The summed E-state index contributed by atoms with van der Waals surface area (Å²) in [5.41, 5.74) is 5.37. The van der Waals surface area contributed by atoms with Gasteiger partial charge in [0.2, 0.25) is 11.1 Å². The van der Waals surface area contributed by atoms with E-state index in [0.717, 1.165) is 10.8 Å². The van der Waals surface area contributed by atoms with Crippen molar-refractivity contribution in [2.24, 2.45) is 0 Å². The van der Waals surface area contributed by atoms with Crippen LogP contribution in [-0.2, 0) is 5.75 Å². The molecule has 13 heavy (non-hydrogen) atoms. The van der Waals surface area contributed by atoms with Crippen LogP contribution in [0.2, 0.25) is 0 Å². The summed E-state index contributed by atoms with van der Waals surface area (Å²) in [6.07, 6.45) is 1.78. The smallest absolute Gasteiger partial charge is 0.216 e. The number of nitrogens with one attached hydrogen (secondary N) is 1. The molecule has 3 N–H and O–H groups in total. The van der Waals surface area contributed by atoms with Crippen LogP contribution in [0.25, 0.3) is 0 Å². The van der Waals surface area contributed by atoms with Gasteiger partial charge in [-0.3, -0.25) is 0 Å². The molecule has 0 aromatic carbocycles. The van der Waals surface area contributed by atoms with Crippen molar-refractivity contribution in [1.29, 1.82) is 0 Å². The fourth-order valence-electron chi connectivity index (χ4n) is 0.773. The van der Waals surface area contributed by atoms with Crippen LogP contribution in [0, 0.1) is 0 Å². The first-order valence-corrected chi connectivity index (χ1v) is 5.40. The molecule has 2 heterocycles. The van der Waals surface area contributed by atoms with Crippen molar-refractivity contribution in [3.63, 3.8) is 0 Å². The van der Waals surface area contributed by atoms with Crippen molar-refractivity contribution < 1.29 is 0 Å². The van der Waals surface area contributed by atoms with Crippen LogP contribution < -0.4 is 5.73 Å².